The van der Waals surface area contributed by atoms with Gasteiger partial charge in [-0.15, -0.1) is 0 Å². The molecule has 0 spiro atoms. The van der Waals surface area contributed by atoms with Gasteiger partial charge < -0.3 is 16.0 Å². The Morgan fingerprint density at radius 2 is 2.00 bits per heavy atom. The third-order valence-electron chi connectivity index (χ3n) is 3.93. The Labute approximate surface area is 135 Å². The molecule has 22 heavy (non-hydrogen) atoms. The Morgan fingerprint density at radius 1 is 1.18 bits per heavy atom. The first kappa shape index (κ1) is 18.7. The molecule has 128 valence electrons. The van der Waals surface area contributed by atoms with Gasteiger partial charge in [-0.1, -0.05) is 13.8 Å². The van der Waals surface area contributed by atoms with Crippen LogP contribution in [0, 0.1) is 0 Å². The zero-order chi connectivity index (χ0) is 16.2. The highest BCUT2D eigenvalue weighted by atomic mass is 16.1. The zero-order valence-electron chi connectivity index (χ0n) is 14.5. The minimum absolute atomic E-state index is 0.0955. The Morgan fingerprint density at radius 3 is 2.68 bits per heavy atom. The lowest BCUT2D eigenvalue weighted by molar-refractivity contribution is -0.120. The van der Waals surface area contributed by atoms with Crippen molar-refractivity contribution >= 4 is 11.9 Å². The van der Waals surface area contributed by atoms with Crippen molar-refractivity contribution in [1.29, 1.82) is 0 Å². The second kappa shape index (κ2) is 11.3. The maximum Gasteiger partial charge on any atom is 0.221 e. The number of nitrogens with one attached hydrogen (secondary N) is 3. The van der Waals surface area contributed by atoms with Crippen LogP contribution >= 0.6 is 0 Å². The van der Waals surface area contributed by atoms with Gasteiger partial charge in [-0.2, -0.15) is 0 Å². The molecule has 0 aromatic heterocycles. The van der Waals surface area contributed by atoms with Crippen LogP contribution in [0.5, 0.6) is 0 Å². The van der Waals surface area contributed by atoms with Gasteiger partial charge in [0.25, 0.3) is 0 Å². The Bertz CT molecular complexity index is 345. The number of likely N-dealkylation sites (N-methyl/N-ethyl adjacent to an activating group) is 1. The van der Waals surface area contributed by atoms with Gasteiger partial charge in [0.2, 0.25) is 5.91 Å². The fourth-order valence-electron chi connectivity index (χ4n) is 2.70. The van der Waals surface area contributed by atoms with E-state index in [9.17, 15) is 4.79 Å². The molecule has 1 rings (SSSR count). The van der Waals surface area contributed by atoms with E-state index in [1.807, 2.05) is 0 Å². The van der Waals surface area contributed by atoms with Crippen molar-refractivity contribution in [3.05, 3.63) is 0 Å². The van der Waals surface area contributed by atoms with Crippen molar-refractivity contribution < 1.29 is 4.79 Å². The Balaban J connectivity index is 2.34. The van der Waals surface area contributed by atoms with Gasteiger partial charge in [0.15, 0.2) is 5.96 Å². The van der Waals surface area contributed by atoms with E-state index in [-0.39, 0.29) is 5.91 Å². The van der Waals surface area contributed by atoms with Crippen LogP contribution in [0.1, 0.15) is 46.5 Å². The molecule has 6 nitrogen and oxygen atoms in total. The topological polar surface area (TPSA) is 68.8 Å². The lowest BCUT2D eigenvalue weighted by atomic mass is 10.2. The van der Waals surface area contributed by atoms with E-state index in [1.54, 1.807) is 0 Å². The van der Waals surface area contributed by atoms with Crippen LogP contribution < -0.4 is 16.0 Å². The quantitative estimate of drug-likeness (QED) is 0.438. The lowest BCUT2D eigenvalue weighted by Crippen LogP contribution is -2.40. The number of hydrogen-bond acceptors (Lipinski definition) is 3. The largest absolute Gasteiger partial charge is 0.357 e. The number of rotatable bonds is 9. The summed E-state index contributed by atoms with van der Waals surface area (Å²) >= 11 is 0. The standard InChI is InChI=1S/C16H33N5O/c1-4-10-18-15(22)9-11-19-16(17-5-2)20-13-14-8-7-12-21(14)6-3/h14H,4-13H2,1-3H3,(H,18,22)(H2,17,19,20). The summed E-state index contributed by atoms with van der Waals surface area (Å²) in [5.74, 6) is 0.909. The third-order valence-corrected chi connectivity index (χ3v) is 3.93. The average molecular weight is 311 g/mol. The van der Waals surface area contributed by atoms with Crippen molar-refractivity contribution in [2.24, 2.45) is 4.99 Å². The van der Waals surface area contributed by atoms with E-state index >= 15 is 0 Å². The Hall–Kier alpha value is -1.30. The number of amides is 1. The van der Waals surface area contributed by atoms with E-state index in [0.29, 0.717) is 19.0 Å². The SMILES string of the molecule is CCCNC(=O)CCNC(=NCC1CCCN1CC)NCC. The first-order chi connectivity index (χ1) is 10.7. The van der Waals surface area contributed by atoms with E-state index in [4.69, 9.17) is 0 Å². The van der Waals surface area contributed by atoms with Crippen molar-refractivity contribution in [3.63, 3.8) is 0 Å². The number of carbonyl (C=O) groups is 1. The molecule has 1 unspecified atom stereocenters. The summed E-state index contributed by atoms with van der Waals surface area (Å²) in [6.45, 7) is 11.6. The highest BCUT2D eigenvalue weighted by Gasteiger charge is 2.22. The third kappa shape index (κ3) is 7.11. The molecule has 0 saturated carbocycles. The average Bonchev–Trinajstić information content (AvgIpc) is 2.98. The summed E-state index contributed by atoms with van der Waals surface area (Å²) in [7, 11) is 0. The molecular formula is C16H33N5O. The fraction of sp³-hybridized carbons (Fsp3) is 0.875. The molecule has 1 saturated heterocycles. The van der Waals surface area contributed by atoms with Gasteiger partial charge in [0.05, 0.1) is 6.54 Å². The molecule has 3 N–H and O–H groups in total. The molecule has 1 atom stereocenters. The highest BCUT2D eigenvalue weighted by Crippen LogP contribution is 2.16. The van der Waals surface area contributed by atoms with E-state index in [1.165, 1.54) is 19.4 Å². The van der Waals surface area contributed by atoms with Crippen LogP contribution in [0.15, 0.2) is 4.99 Å². The van der Waals surface area contributed by atoms with Crippen molar-refractivity contribution in [2.75, 3.05) is 39.3 Å². The van der Waals surface area contributed by atoms with E-state index in [0.717, 1.165) is 38.6 Å². The summed E-state index contributed by atoms with van der Waals surface area (Å²) in [4.78, 5) is 18.7. The molecule has 1 heterocycles. The monoisotopic (exact) mass is 311 g/mol. The van der Waals surface area contributed by atoms with E-state index in [2.05, 4.69) is 46.6 Å². The molecule has 0 aromatic rings. The van der Waals surface area contributed by atoms with Crippen LogP contribution in [-0.4, -0.2) is 62.1 Å². The molecule has 0 bridgehead atoms. The number of guanidine groups is 1. The van der Waals surface area contributed by atoms with Gasteiger partial charge in [0.1, 0.15) is 0 Å². The predicted octanol–water partition coefficient (Wildman–Crippen LogP) is 0.942. The minimum Gasteiger partial charge on any atom is -0.357 e. The van der Waals surface area contributed by atoms with Crippen LogP contribution in [-0.2, 0) is 4.79 Å². The zero-order valence-corrected chi connectivity index (χ0v) is 14.5. The van der Waals surface area contributed by atoms with Crippen LogP contribution in [0.4, 0.5) is 0 Å². The van der Waals surface area contributed by atoms with Crippen molar-refractivity contribution in [1.82, 2.24) is 20.9 Å². The summed E-state index contributed by atoms with van der Waals surface area (Å²) in [6, 6.07) is 0.563. The number of likely N-dealkylation sites (tertiary alicyclic amines) is 1. The van der Waals surface area contributed by atoms with Gasteiger partial charge in [-0.05, 0) is 39.3 Å². The number of carbonyl (C=O) groups excluding carboxylic acids is 1. The maximum absolute atomic E-state index is 11.6. The summed E-state index contributed by atoms with van der Waals surface area (Å²) in [5.41, 5.74) is 0. The molecule has 0 radical (unpaired) electrons. The number of nitrogens with zero attached hydrogens (tertiary/aromatic N) is 2. The van der Waals surface area contributed by atoms with Gasteiger partial charge in [0, 0.05) is 32.1 Å². The Kier molecular flexibility index (Phi) is 9.62. The van der Waals surface area contributed by atoms with Gasteiger partial charge in [-0.25, -0.2) is 0 Å². The summed E-state index contributed by atoms with van der Waals surface area (Å²) in [6.07, 6.45) is 3.96. The molecule has 1 amide bonds. The second-order valence-electron chi connectivity index (χ2n) is 5.67. The van der Waals surface area contributed by atoms with Crippen molar-refractivity contribution in [3.8, 4) is 0 Å². The fourth-order valence-corrected chi connectivity index (χ4v) is 2.70. The normalized spacial score (nSPS) is 19.2. The van der Waals surface area contributed by atoms with Crippen LogP contribution in [0.3, 0.4) is 0 Å². The minimum atomic E-state index is 0.0955. The van der Waals surface area contributed by atoms with Crippen LogP contribution in [0.2, 0.25) is 0 Å². The molecule has 0 aliphatic carbocycles. The molecular weight excluding hydrogens is 278 g/mol. The summed E-state index contributed by atoms with van der Waals surface area (Å²) < 4.78 is 0. The first-order valence-corrected chi connectivity index (χ1v) is 8.74. The smallest absolute Gasteiger partial charge is 0.221 e. The van der Waals surface area contributed by atoms with Gasteiger partial charge >= 0.3 is 0 Å². The molecule has 1 aliphatic heterocycles. The number of hydrogen-bond donors (Lipinski definition) is 3. The molecule has 0 aromatic carbocycles. The van der Waals surface area contributed by atoms with E-state index < -0.39 is 0 Å². The second-order valence-corrected chi connectivity index (χ2v) is 5.67. The lowest BCUT2D eigenvalue weighted by Gasteiger charge is -2.21. The molecule has 1 aliphatic rings. The maximum atomic E-state index is 11.6. The highest BCUT2D eigenvalue weighted by molar-refractivity contribution is 5.81. The van der Waals surface area contributed by atoms with Gasteiger partial charge in [-0.3, -0.25) is 14.7 Å². The molecule has 1 fully saturated rings. The summed E-state index contributed by atoms with van der Waals surface area (Å²) in [5, 5.41) is 9.37. The molecule has 6 heteroatoms. The predicted molar refractivity (Wildman–Crippen MR) is 92.2 cm³/mol. The number of aliphatic imine (C=N–C) groups is 1. The van der Waals surface area contributed by atoms with Crippen molar-refractivity contribution in [2.45, 2.75) is 52.5 Å². The first-order valence-electron chi connectivity index (χ1n) is 8.74. The van der Waals surface area contributed by atoms with Crippen LogP contribution in [0.25, 0.3) is 0 Å².